The van der Waals surface area contributed by atoms with Crippen LogP contribution < -0.4 is 5.32 Å². The van der Waals surface area contributed by atoms with Crippen LogP contribution in [0, 0.1) is 5.95 Å². The fourth-order valence-corrected chi connectivity index (χ4v) is 4.00. The Kier molecular flexibility index (Phi) is 6.04. The van der Waals surface area contributed by atoms with Crippen molar-refractivity contribution in [3.8, 4) is 5.69 Å². The maximum Gasteiger partial charge on any atom is 0.274 e. The highest BCUT2D eigenvalue weighted by molar-refractivity contribution is 7.14. The summed E-state index contributed by atoms with van der Waals surface area (Å²) in [5, 5.41) is 5.16. The molecule has 0 spiro atoms. The number of nitrogens with one attached hydrogen (secondary N) is 1. The Balaban J connectivity index is 1.23. The Labute approximate surface area is 198 Å². The van der Waals surface area contributed by atoms with Crippen LogP contribution in [0.5, 0.6) is 0 Å². The molecule has 0 atom stereocenters. The fourth-order valence-electron chi connectivity index (χ4n) is 3.33. The van der Waals surface area contributed by atoms with Gasteiger partial charge in [-0.05, 0) is 54.1 Å². The van der Waals surface area contributed by atoms with Crippen molar-refractivity contribution in [1.82, 2.24) is 29.1 Å². The SMILES string of the molecule is O=C(Nc1nc(/C=C/c2cn(-c3ccncc3)cn2)cs1)c1cccn1Cc1ccnc(F)c1. The maximum atomic E-state index is 13.4. The molecule has 0 fully saturated rings. The number of carbonyl (C=O) groups is 1. The van der Waals surface area contributed by atoms with E-state index >= 15 is 0 Å². The van der Waals surface area contributed by atoms with Crippen LogP contribution in [0.15, 0.2) is 79.1 Å². The van der Waals surface area contributed by atoms with Crippen molar-refractivity contribution < 1.29 is 9.18 Å². The second kappa shape index (κ2) is 9.59. The van der Waals surface area contributed by atoms with Gasteiger partial charge in [0.1, 0.15) is 5.69 Å². The molecule has 1 N–H and O–H groups in total. The Morgan fingerprint density at radius 2 is 1.94 bits per heavy atom. The van der Waals surface area contributed by atoms with E-state index in [1.165, 1.54) is 23.6 Å². The van der Waals surface area contributed by atoms with E-state index in [1.54, 1.807) is 47.7 Å². The number of rotatable bonds is 7. The second-order valence-corrected chi connectivity index (χ2v) is 8.14. The third-order valence-electron chi connectivity index (χ3n) is 4.94. The quantitative estimate of drug-likeness (QED) is 0.352. The molecule has 0 saturated heterocycles. The van der Waals surface area contributed by atoms with E-state index in [0.717, 1.165) is 11.4 Å². The molecule has 1 amide bonds. The van der Waals surface area contributed by atoms with Gasteiger partial charge in [0.2, 0.25) is 5.95 Å². The molecule has 5 aromatic heterocycles. The predicted octanol–water partition coefficient (Wildman–Crippen LogP) is 4.53. The number of thiazole rings is 1. The van der Waals surface area contributed by atoms with Crippen LogP contribution in [0.3, 0.4) is 0 Å². The van der Waals surface area contributed by atoms with E-state index in [1.807, 2.05) is 40.4 Å². The van der Waals surface area contributed by atoms with Gasteiger partial charge in [-0.25, -0.2) is 15.0 Å². The molecule has 5 rings (SSSR count). The summed E-state index contributed by atoms with van der Waals surface area (Å²) in [5.41, 5.74) is 3.62. The number of imidazole rings is 1. The molecule has 0 bridgehead atoms. The van der Waals surface area contributed by atoms with Crippen LogP contribution in [0.1, 0.15) is 27.4 Å². The molecule has 5 heterocycles. The molecule has 168 valence electrons. The number of carbonyl (C=O) groups excluding carboxylic acids is 1. The minimum absolute atomic E-state index is 0.291. The zero-order valence-electron chi connectivity index (χ0n) is 17.7. The highest BCUT2D eigenvalue weighted by atomic mass is 32.1. The topological polar surface area (TPSA) is 90.5 Å². The summed E-state index contributed by atoms with van der Waals surface area (Å²) < 4.78 is 17.0. The van der Waals surface area contributed by atoms with E-state index < -0.39 is 5.95 Å². The minimum atomic E-state index is -0.553. The number of nitrogens with zero attached hydrogens (tertiary/aromatic N) is 6. The van der Waals surface area contributed by atoms with Crippen molar-refractivity contribution in [3.05, 3.63) is 108 Å². The van der Waals surface area contributed by atoms with Gasteiger partial charge >= 0.3 is 0 Å². The van der Waals surface area contributed by atoms with Crippen molar-refractivity contribution in [3.63, 3.8) is 0 Å². The number of anilines is 1. The third kappa shape index (κ3) is 4.97. The van der Waals surface area contributed by atoms with Crippen LogP contribution in [0.4, 0.5) is 9.52 Å². The lowest BCUT2D eigenvalue weighted by Gasteiger charge is -2.09. The monoisotopic (exact) mass is 471 g/mol. The number of halogens is 1. The normalized spacial score (nSPS) is 11.2. The Morgan fingerprint density at radius 1 is 1.09 bits per heavy atom. The molecule has 0 radical (unpaired) electrons. The molecule has 0 unspecified atom stereocenters. The van der Waals surface area contributed by atoms with Crippen molar-refractivity contribution in [2.45, 2.75) is 6.54 Å². The van der Waals surface area contributed by atoms with Crippen LogP contribution in [0.2, 0.25) is 0 Å². The highest BCUT2D eigenvalue weighted by Crippen LogP contribution is 2.19. The Morgan fingerprint density at radius 3 is 2.79 bits per heavy atom. The van der Waals surface area contributed by atoms with Gasteiger partial charge in [-0.15, -0.1) is 11.3 Å². The summed E-state index contributed by atoms with van der Waals surface area (Å²) >= 11 is 1.33. The molecule has 0 aliphatic rings. The van der Waals surface area contributed by atoms with Gasteiger partial charge in [-0.2, -0.15) is 4.39 Å². The number of hydrogen-bond acceptors (Lipinski definition) is 6. The van der Waals surface area contributed by atoms with Gasteiger partial charge in [-0.3, -0.25) is 15.1 Å². The zero-order chi connectivity index (χ0) is 23.3. The van der Waals surface area contributed by atoms with E-state index in [9.17, 15) is 9.18 Å². The van der Waals surface area contributed by atoms with Gasteiger partial charge in [0, 0.05) is 48.6 Å². The molecule has 5 aromatic rings. The Bertz CT molecular complexity index is 1450. The Hall–Kier alpha value is -4.44. The molecule has 0 aliphatic carbocycles. The summed E-state index contributed by atoms with van der Waals surface area (Å²) in [6, 6.07) is 10.3. The summed E-state index contributed by atoms with van der Waals surface area (Å²) in [6.07, 6.45) is 14.0. The van der Waals surface area contributed by atoms with Crippen molar-refractivity contribution in [2.24, 2.45) is 0 Å². The van der Waals surface area contributed by atoms with Gasteiger partial charge in [-0.1, -0.05) is 0 Å². The number of pyridine rings is 2. The standard InChI is InChI=1S/C24H18FN7OS/c25-22-12-17(5-10-27-22)13-31-11-1-2-21(31)23(33)30-24-29-19(15-34-24)4-3-18-14-32(16-28-18)20-6-8-26-9-7-20/h1-12,14-16H,13H2,(H,29,30,33)/b4-3+. The highest BCUT2D eigenvalue weighted by Gasteiger charge is 2.13. The number of aromatic nitrogens is 6. The van der Waals surface area contributed by atoms with Gasteiger partial charge < -0.3 is 9.13 Å². The summed E-state index contributed by atoms with van der Waals surface area (Å²) in [6.45, 7) is 0.354. The lowest BCUT2D eigenvalue weighted by molar-refractivity contribution is 0.101. The third-order valence-corrected chi connectivity index (χ3v) is 5.71. The van der Waals surface area contributed by atoms with Crippen LogP contribution in [0.25, 0.3) is 17.8 Å². The van der Waals surface area contributed by atoms with Crippen molar-refractivity contribution in [1.29, 1.82) is 0 Å². The number of hydrogen-bond donors (Lipinski definition) is 1. The van der Waals surface area contributed by atoms with Crippen LogP contribution in [-0.4, -0.2) is 35.0 Å². The van der Waals surface area contributed by atoms with Gasteiger partial charge in [0.25, 0.3) is 5.91 Å². The lowest BCUT2D eigenvalue weighted by Crippen LogP contribution is -2.17. The molecular formula is C24H18FN7OS. The summed E-state index contributed by atoms with van der Waals surface area (Å²) in [7, 11) is 0. The molecule has 10 heteroatoms. The molecular weight excluding hydrogens is 453 g/mol. The molecule has 8 nitrogen and oxygen atoms in total. The zero-order valence-corrected chi connectivity index (χ0v) is 18.6. The van der Waals surface area contributed by atoms with Crippen LogP contribution >= 0.6 is 11.3 Å². The van der Waals surface area contributed by atoms with Crippen molar-refractivity contribution in [2.75, 3.05) is 5.32 Å². The lowest BCUT2D eigenvalue weighted by atomic mass is 10.2. The van der Waals surface area contributed by atoms with E-state index in [2.05, 4.69) is 25.3 Å². The average molecular weight is 472 g/mol. The van der Waals surface area contributed by atoms with Gasteiger partial charge in [0.15, 0.2) is 5.13 Å². The first-order valence-electron chi connectivity index (χ1n) is 10.3. The van der Waals surface area contributed by atoms with E-state index in [0.29, 0.717) is 28.6 Å². The summed E-state index contributed by atoms with van der Waals surface area (Å²) in [4.78, 5) is 29.2. The van der Waals surface area contributed by atoms with Gasteiger partial charge in [0.05, 0.1) is 17.7 Å². The molecule has 0 saturated carbocycles. The minimum Gasteiger partial charge on any atom is -0.339 e. The first-order valence-corrected chi connectivity index (χ1v) is 11.2. The smallest absolute Gasteiger partial charge is 0.274 e. The van der Waals surface area contributed by atoms with E-state index in [4.69, 9.17) is 0 Å². The largest absolute Gasteiger partial charge is 0.339 e. The predicted molar refractivity (Wildman–Crippen MR) is 128 cm³/mol. The summed E-state index contributed by atoms with van der Waals surface area (Å²) in [5.74, 6) is -0.844. The molecule has 0 aromatic carbocycles. The second-order valence-electron chi connectivity index (χ2n) is 7.28. The average Bonchev–Trinajstić information content (AvgIpc) is 3.60. The molecule has 0 aliphatic heterocycles. The van der Waals surface area contributed by atoms with Crippen molar-refractivity contribution >= 4 is 34.5 Å². The van der Waals surface area contributed by atoms with E-state index in [-0.39, 0.29) is 5.91 Å². The number of amides is 1. The maximum absolute atomic E-state index is 13.4. The first-order chi connectivity index (χ1) is 16.6. The first kappa shape index (κ1) is 21.4. The molecule has 34 heavy (non-hydrogen) atoms. The fraction of sp³-hybridized carbons (Fsp3) is 0.0417. The van der Waals surface area contributed by atoms with Crippen LogP contribution in [-0.2, 0) is 6.54 Å².